The number of hydrogen-bond donors (Lipinski definition) is 1. The Morgan fingerprint density at radius 3 is 2.00 bits per heavy atom. The lowest BCUT2D eigenvalue weighted by atomic mass is 10.4. The molecule has 2 heterocycles. The van der Waals surface area contributed by atoms with Crippen LogP contribution in [0.1, 0.15) is 22.0 Å². The molecule has 0 aliphatic heterocycles. The summed E-state index contributed by atoms with van der Waals surface area (Å²) >= 11 is 1.44. The number of aryl methyl sites for hydroxylation is 4. The smallest absolute Gasteiger partial charge is 0.0925 e. The van der Waals surface area contributed by atoms with Gasteiger partial charge in [0.05, 0.1) is 17.7 Å². The van der Waals surface area contributed by atoms with Crippen molar-refractivity contribution in [2.75, 3.05) is 0 Å². The van der Waals surface area contributed by atoms with Crippen molar-refractivity contribution in [3.05, 3.63) is 28.3 Å². The van der Waals surface area contributed by atoms with E-state index in [0.29, 0.717) is 0 Å². The molecule has 76 valence electrons. The third-order valence-corrected chi connectivity index (χ3v) is 2.69. The zero-order valence-corrected chi connectivity index (χ0v) is 9.64. The van der Waals surface area contributed by atoms with Crippen LogP contribution >= 0.6 is 11.5 Å². The van der Waals surface area contributed by atoms with E-state index in [-0.39, 0.29) is 0 Å². The Morgan fingerprint density at radius 1 is 1.14 bits per heavy atom. The second-order valence-electron chi connectivity index (χ2n) is 3.03. The van der Waals surface area contributed by atoms with Crippen molar-refractivity contribution in [3.8, 4) is 0 Å². The summed E-state index contributed by atoms with van der Waals surface area (Å²) in [6, 6.07) is 0. The molecule has 0 fully saturated rings. The van der Waals surface area contributed by atoms with Gasteiger partial charge in [-0.1, -0.05) is 4.49 Å². The monoisotopic (exact) mass is 210 g/mol. The van der Waals surface area contributed by atoms with E-state index in [1.807, 2.05) is 27.7 Å². The van der Waals surface area contributed by atoms with Gasteiger partial charge in [-0.15, -0.1) is 5.10 Å². The largest absolute Gasteiger partial charge is 0.348 e. The molecule has 2 aromatic rings. The Labute approximate surface area is 87.6 Å². The molecule has 5 heteroatoms. The molecule has 0 saturated heterocycles. The van der Waals surface area contributed by atoms with Gasteiger partial charge in [-0.05, 0) is 39.2 Å². The van der Waals surface area contributed by atoms with Crippen LogP contribution in [0.25, 0.3) is 0 Å². The topological polar surface area (TPSA) is 54.5 Å². The van der Waals surface area contributed by atoms with Gasteiger partial charge in [0.15, 0.2) is 0 Å². The molecule has 0 bridgehead atoms. The normalized spacial score (nSPS) is 9.43. The van der Waals surface area contributed by atoms with Crippen LogP contribution in [0.5, 0.6) is 0 Å². The minimum Gasteiger partial charge on any atom is -0.348 e. The SMILES string of the molecule is Cc1nc[nH]c1C.Cc1nnsc1C. The molecule has 0 amide bonds. The van der Waals surface area contributed by atoms with Crippen LogP contribution in [0.3, 0.4) is 0 Å². The highest BCUT2D eigenvalue weighted by atomic mass is 32.1. The molecule has 0 aromatic carbocycles. The van der Waals surface area contributed by atoms with Crippen LogP contribution in [-0.4, -0.2) is 19.6 Å². The highest BCUT2D eigenvalue weighted by Gasteiger charge is 1.91. The van der Waals surface area contributed by atoms with Gasteiger partial charge < -0.3 is 4.98 Å². The summed E-state index contributed by atoms with van der Waals surface area (Å²) < 4.78 is 3.71. The summed E-state index contributed by atoms with van der Waals surface area (Å²) in [6.45, 7) is 7.95. The molecule has 4 nitrogen and oxygen atoms in total. The fraction of sp³-hybridized carbons (Fsp3) is 0.444. The van der Waals surface area contributed by atoms with E-state index in [1.54, 1.807) is 6.33 Å². The third-order valence-electron chi connectivity index (χ3n) is 1.96. The zero-order chi connectivity index (χ0) is 10.6. The van der Waals surface area contributed by atoms with Crippen LogP contribution < -0.4 is 0 Å². The van der Waals surface area contributed by atoms with Gasteiger partial charge in [0.1, 0.15) is 0 Å². The second-order valence-corrected chi connectivity index (χ2v) is 3.99. The molecular formula is C9H14N4S. The van der Waals surface area contributed by atoms with Crippen molar-refractivity contribution in [1.82, 2.24) is 19.6 Å². The molecule has 0 radical (unpaired) electrons. The Bertz CT molecular complexity index is 320. The van der Waals surface area contributed by atoms with Crippen LogP contribution in [0, 0.1) is 27.7 Å². The lowest BCUT2D eigenvalue weighted by Gasteiger charge is -1.79. The number of aromatic amines is 1. The average molecular weight is 210 g/mol. The zero-order valence-electron chi connectivity index (χ0n) is 8.83. The highest BCUT2D eigenvalue weighted by Crippen LogP contribution is 2.04. The number of hydrogen-bond acceptors (Lipinski definition) is 4. The summed E-state index contributed by atoms with van der Waals surface area (Å²) in [4.78, 5) is 8.13. The molecule has 0 saturated carbocycles. The Balaban J connectivity index is 0.000000140. The number of nitrogens with zero attached hydrogens (tertiary/aromatic N) is 3. The van der Waals surface area contributed by atoms with E-state index in [9.17, 15) is 0 Å². The van der Waals surface area contributed by atoms with Gasteiger partial charge >= 0.3 is 0 Å². The van der Waals surface area contributed by atoms with E-state index < -0.39 is 0 Å². The van der Waals surface area contributed by atoms with Gasteiger partial charge in [0.25, 0.3) is 0 Å². The van der Waals surface area contributed by atoms with Crippen molar-refractivity contribution in [1.29, 1.82) is 0 Å². The van der Waals surface area contributed by atoms with Crippen molar-refractivity contribution >= 4 is 11.5 Å². The predicted octanol–water partition coefficient (Wildman–Crippen LogP) is 2.18. The van der Waals surface area contributed by atoms with Crippen molar-refractivity contribution < 1.29 is 0 Å². The minimum atomic E-state index is 1.05. The molecule has 2 aromatic heterocycles. The van der Waals surface area contributed by atoms with E-state index >= 15 is 0 Å². The van der Waals surface area contributed by atoms with E-state index in [2.05, 4.69) is 19.6 Å². The quantitative estimate of drug-likeness (QED) is 0.725. The Kier molecular flexibility index (Phi) is 3.76. The summed E-state index contributed by atoms with van der Waals surface area (Å²) in [5.41, 5.74) is 3.28. The molecule has 0 aliphatic carbocycles. The number of H-pyrrole nitrogens is 1. The van der Waals surface area contributed by atoms with Gasteiger partial charge in [-0.25, -0.2) is 4.98 Å². The minimum absolute atomic E-state index is 1.05. The average Bonchev–Trinajstić information content (AvgIpc) is 2.67. The van der Waals surface area contributed by atoms with E-state index in [4.69, 9.17) is 0 Å². The van der Waals surface area contributed by atoms with Crippen LogP contribution in [0.4, 0.5) is 0 Å². The summed E-state index contributed by atoms with van der Waals surface area (Å²) in [6.07, 6.45) is 1.70. The first-order valence-electron chi connectivity index (χ1n) is 4.33. The van der Waals surface area contributed by atoms with E-state index in [0.717, 1.165) is 17.1 Å². The number of nitrogens with one attached hydrogen (secondary N) is 1. The highest BCUT2D eigenvalue weighted by molar-refractivity contribution is 7.05. The molecule has 0 atom stereocenters. The first-order valence-corrected chi connectivity index (χ1v) is 5.10. The molecule has 14 heavy (non-hydrogen) atoms. The van der Waals surface area contributed by atoms with Gasteiger partial charge in [-0.3, -0.25) is 0 Å². The molecule has 0 spiro atoms. The lowest BCUT2D eigenvalue weighted by Crippen LogP contribution is -1.71. The maximum absolute atomic E-state index is 3.96. The van der Waals surface area contributed by atoms with Crippen LogP contribution in [0.2, 0.25) is 0 Å². The lowest BCUT2D eigenvalue weighted by molar-refractivity contribution is 1.08. The van der Waals surface area contributed by atoms with Gasteiger partial charge in [0, 0.05) is 10.6 Å². The fourth-order valence-corrected chi connectivity index (χ4v) is 1.17. The first kappa shape index (κ1) is 10.8. The fourth-order valence-electron chi connectivity index (χ4n) is 0.707. The van der Waals surface area contributed by atoms with Gasteiger partial charge in [0.2, 0.25) is 0 Å². The molecule has 2 rings (SSSR count). The van der Waals surface area contributed by atoms with E-state index in [1.165, 1.54) is 16.4 Å². The standard InChI is InChI=1S/C5H8N2.C4H6N2S/c1-4-5(2)7-3-6-4;1-3-4(2)7-6-5-3/h3H,1-2H3,(H,6,7);1-2H3. The maximum atomic E-state index is 3.96. The van der Waals surface area contributed by atoms with Crippen molar-refractivity contribution in [3.63, 3.8) is 0 Å². The van der Waals surface area contributed by atoms with Crippen LogP contribution in [0.15, 0.2) is 6.33 Å². The second kappa shape index (κ2) is 4.85. The first-order chi connectivity index (χ1) is 6.61. The van der Waals surface area contributed by atoms with Gasteiger partial charge in [-0.2, -0.15) is 0 Å². The molecule has 0 unspecified atom stereocenters. The Morgan fingerprint density at radius 2 is 1.86 bits per heavy atom. The molecular weight excluding hydrogens is 196 g/mol. The summed E-state index contributed by atoms with van der Waals surface area (Å²) in [5, 5.41) is 3.78. The third kappa shape index (κ3) is 2.92. The van der Waals surface area contributed by atoms with Crippen molar-refractivity contribution in [2.45, 2.75) is 27.7 Å². The molecule has 1 N–H and O–H groups in total. The molecule has 0 aliphatic rings. The predicted molar refractivity (Wildman–Crippen MR) is 57.4 cm³/mol. The number of aromatic nitrogens is 4. The van der Waals surface area contributed by atoms with Crippen LogP contribution in [-0.2, 0) is 0 Å². The Hall–Kier alpha value is -1.23. The number of rotatable bonds is 0. The number of imidazole rings is 1. The maximum Gasteiger partial charge on any atom is 0.0925 e. The summed E-state index contributed by atoms with van der Waals surface area (Å²) in [5.74, 6) is 0. The van der Waals surface area contributed by atoms with Crippen molar-refractivity contribution in [2.24, 2.45) is 0 Å². The summed E-state index contributed by atoms with van der Waals surface area (Å²) in [7, 11) is 0.